The van der Waals surface area contributed by atoms with E-state index >= 15 is 0 Å². The fourth-order valence-electron chi connectivity index (χ4n) is 0.905. The molecular formula is C10H9FO2. The summed E-state index contributed by atoms with van der Waals surface area (Å²) >= 11 is 0. The van der Waals surface area contributed by atoms with Crippen molar-refractivity contribution < 1.29 is 14.3 Å². The smallest absolute Gasteiger partial charge is 0.331 e. The first-order valence-corrected chi connectivity index (χ1v) is 3.77. The average Bonchev–Trinajstić information content (AvgIpc) is 2.04. The van der Waals surface area contributed by atoms with E-state index in [9.17, 15) is 9.18 Å². The number of carboxylic acid groups (broad SMARTS) is 1. The quantitative estimate of drug-likeness (QED) is 0.709. The molecular weight excluding hydrogens is 171 g/mol. The monoisotopic (exact) mass is 180 g/mol. The Morgan fingerprint density at radius 3 is 2.38 bits per heavy atom. The third kappa shape index (κ3) is 2.71. The van der Waals surface area contributed by atoms with Crippen LogP contribution in [0.2, 0.25) is 0 Å². The third-order valence-electron chi connectivity index (χ3n) is 1.58. The minimum absolute atomic E-state index is 0.285. The van der Waals surface area contributed by atoms with Crippen molar-refractivity contribution in [1.82, 2.24) is 0 Å². The van der Waals surface area contributed by atoms with Crippen LogP contribution < -0.4 is 0 Å². The molecule has 0 atom stereocenters. The van der Waals surface area contributed by atoms with E-state index in [1.807, 2.05) is 6.92 Å². The fraction of sp³-hybridized carbons (Fsp3) is 0.100. The van der Waals surface area contributed by atoms with E-state index in [4.69, 9.17) is 5.11 Å². The minimum Gasteiger partial charge on any atom is -0.478 e. The summed E-state index contributed by atoms with van der Waals surface area (Å²) in [4.78, 5) is 10.1. The summed E-state index contributed by atoms with van der Waals surface area (Å²) in [5.74, 6) is -2.01. The first kappa shape index (κ1) is 9.45. The Kier molecular flexibility index (Phi) is 2.80. The molecule has 0 aromatic heterocycles. The van der Waals surface area contributed by atoms with Crippen LogP contribution >= 0.6 is 0 Å². The lowest BCUT2D eigenvalue weighted by atomic mass is 10.1. The predicted molar refractivity (Wildman–Crippen MR) is 47.9 cm³/mol. The van der Waals surface area contributed by atoms with Gasteiger partial charge in [-0.2, -0.15) is 0 Å². The maximum absolute atomic E-state index is 13.0. The average molecular weight is 180 g/mol. The summed E-state index contributed by atoms with van der Waals surface area (Å²) in [6.07, 6.45) is 0.546. The highest BCUT2D eigenvalue weighted by Gasteiger charge is 2.01. The lowest BCUT2D eigenvalue weighted by Gasteiger charge is -1.96. The molecule has 2 nitrogen and oxygen atoms in total. The van der Waals surface area contributed by atoms with Gasteiger partial charge in [-0.05, 0) is 6.92 Å². The first-order chi connectivity index (χ1) is 6.09. The number of aryl methyl sites for hydroxylation is 1. The van der Waals surface area contributed by atoms with Crippen molar-refractivity contribution in [2.75, 3.05) is 0 Å². The van der Waals surface area contributed by atoms with Gasteiger partial charge in [-0.25, -0.2) is 9.18 Å². The van der Waals surface area contributed by atoms with Crippen LogP contribution in [0.1, 0.15) is 11.1 Å². The van der Waals surface area contributed by atoms with Gasteiger partial charge < -0.3 is 5.11 Å². The van der Waals surface area contributed by atoms with Gasteiger partial charge in [0.05, 0.1) is 6.08 Å². The number of benzene rings is 1. The molecule has 0 aliphatic rings. The zero-order chi connectivity index (χ0) is 9.84. The van der Waals surface area contributed by atoms with E-state index in [1.54, 1.807) is 24.3 Å². The Bertz CT molecular complexity index is 338. The molecule has 1 rings (SSSR count). The maximum Gasteiger partial charge on any atom is 0.331 e. The maximum atomic E-state index is 13.0. The third-order valence-corrected chi connectivity index (χ3v) is 1.58. The van der Waals surface area contributed by atoms with Gasteiger partial charge in [-0.3, -0.25) is 0 Å². The molecule has 0 spiro atoms. The lowest BCUT2D eigenvalue weighted by Crippen LogP contribution is -1.89. The second-order valence-corrected chi connectivity index (χ2v) is 2.70. The van der Waals surface area contributed by atoms with Gasteiger partial charge in [0, 0.05) is 5.56 Å². The molecule has 1 aromatic carbocycles. The number of aliphatic carboxylic acids is 1. The van der Waals surface area contributed by atoms with E-state index < -0.39 is 11.8 Å². The molecule has 3 heteroatoms. The Morgan fingerprint density at radius 2 is 1.92 bits per heavy atom. The van der Waals surface area contributed by atoms with Gasteiger partial charge >= 0.3 is 5.97 Å². The van der Waals surface area contributed by atoms with Crippen molar-refractivity contribution in [1.29, 1.82) is 0 Å². The number of rotatable bonds is 2. The highest BCUT2D eigenvalue weighted by molar-refractivity contribution is 5.87. The van der Waals surface area contributed by atoms with Crippen LogP contribution in [0.15, 0.2) is 30.3 Å². The highest BCUT2D eigenvalue weighted by atomic mass is 19.1. The number of hydrogen-bond acceptors (Lipinski definition) is 1. The van der Waals surface area contributed by atoms with Crippen molar-refractivity contribution in [3.05, 3.63) is 41.5 Å². The molecule has 0 saturated carbocycles. The molecule has 0 amide bonds. The molecule has 68 valence electrons. The van der Waals surface area contributed by atoms with Gasteiger partial charge in [0.2, 0.25) is 0 Å². The molecule has 13 heavy (non-hydrogen) atoms. The Morgan fingerprint density at radius 1 is 1.38 bits per heavy atom. The Labute approximate surface area is 75.3 Å². The van der Waals surface area contributed by atoms with Crippen LogP contribution in [0.3, 0.4) is 0 Å². The topological polar surface area (TPSA) is 37.3 Å². The molecule has 0 bridgehead atoms. The van der Waals surface area contributed by atoms with E-state index in [2.05, 4.69) is 0 Å². The van der Waals surface area contributed by atoms with Crippen LogP contribution in [0.5, 0.6) is 0 Å². The van der Waals surface area contributed by atoms with Crippen LogP contribution in [-0.4, -0.2) is 11.1 Å². The van der Waals surface area contributed by atoms with Gasteiger partial charge in [0.15, 0.2) is 0 Å². The zero-order valence-electron chi connectivity index (χ0n) is 7.12. The second kappa shape index (κ2) is 3.85. The molecule has 0 saturated heterocycles. The summed E-state index contributed by atoms with van der Waals surface area (Å²) in [5.41, 5.74) is 1.29. The van der Waals surface area contributed by atoms with Gasteiger partial charge in [0.25, 0.3) is 0 Å². The summed E-state index contributed by atoms with van der Waals surface area (Å²) in [7, 11) is 0. The number of halogens is 1. The summed E-state index contributed by atoms with van der Waals surface area (Å²) in [6.45, 7) is 1.88. The molecule has 0 radical (unpaired) electrons. The van der Waals surface area contributed by atoms with Crippen LogP contribution in [0, 0.1) is 6.92 Å². The lowest BCUT2D eigenvalue weighted by molar-refractivity contribution is -0.131. The molecule has 0 fully saturated rings. The van der Waals surface area contributed by atoms with Crippen molar-refractivity contribution in [3.63, 3.8) is 0 Å². The highest BCUT2D eigenvalue weighted by Crippen LogP contribution is 2.15. The standard InChI is InChI=1S/C10H9FO2/c1-7-2-4-8(5-3-7)9(11)6-10(12)13/h2-6H,1H3,(H,12,13). The van der Waals surface area contributed by atoms with Crippen molar-refractivity contribution in [3.8, 4) is 0 Å². The predicted octanol–water partition coefficient (Wildman–Crippen LogP) is 2.39. The Hall–Kier alpha value is -1.64. The van der Waals surface area contributed by atoms with Crippen molar-refractivity contribution in [2.45, 2.75) is 6.92 Å². The number of carboxylic acids is 1. The van der Waals surface area contributed by atoms with Crippen LogP contribution in [0.25, 0.3) is 5.83 Å². The summed E-state index contributed by atoms with van der Waals surface area (Å²) in [5, 5.41) is 8.28. The summed E-state index contributed by atoms with van der Waals surface area (Å²) in [6, 6.07) is 6.55. The largest absolute Gasteiger partial charge is 0.478 e. The Balaban J connectivity index is 2.96. The minimum atomic E-state index is -1.28. The van der Waals surface area contributed by atoms with E-state index in [0.717, 1.165) is 5.56 Å². The molecule has 1 aromatic rings. The summed E-state index contributed by atoms with van der Waals surface area (Å²) < 4.78 is 13.0. The molecule has 0 aliphatic carbocycles. The number of hydrogen-bond donors (Lipinski definition) is 1. The van der Waals surface area contributed by atoms with Crippen molar-refractivity contribution >= 4 is 11.8 Å². The second-order valence-electron chi connectivity index (χ2n) is 2.70. The van der Waals surface area contributed by atoms with E-state index in [0.29, 0.717) is 6.08 Å². The van der Waals surface area contributed by atoms with Crippen LogP contribution in [-0.2, 0) is 4.79 Å². The SMILES string of the molecule is Cc1ccc(C(F)=CC(=O)O)cc1. The molecule has 0 heterocycles. The molecule has 0 unspecified atom stereocenters. The number of carbonyl (C=O) groups is 1. The fourth-order valence-corrected chi connectivity index (χ4v) is 0.905. The molecule has 0 aliphatic heterocycles. The first-order valence-electron chi connectivity index (χ1n) is 3.77. The van der Waals surface area contributed by atoms with E-state index in [-0.39, 0.29) is 5.56 Å². The van der Waals surface area contributed by atoms with E-state index in [1.165, 1.54) is 0 Å². The normalized spacial score (nSPS) is 11.4. The van der Waals surface area contributed by atoms with Crippen molar-refractivity contribution in [2.24, 2.45) is 0 Å². The molecule has 1 N–H and O–H groups in total. The van der Waals surface area contributed by atoms with Gasteiger partial charge in [-0.1, -0.05) is 29.8 Å². The van der Waals surface area contributed by atoms with Crippen LogP contribution in [0.4, 0.5) is 4.39 Å². The zero-order valence-corrected chi connectivity index (χ0v) is 7.12. The van der Waals surface area contributed by atoms with Gasteiger partial charge in [-0.15, -0.1) is 0 Å². The van der Waals surface area contributed by atoms with Gasteiger partial charge in [0.1, 0.15) is 5.83 Å².